The smallest absolute Gasteiger partial charge is 0.356 e. The second-order valence-electron chi connectivity index (χ2n) is 7.03. The van der Waals surface area contributed by atoms with Crippen molar-refractivity contribution in [2.75, 3.05) is 0 Å². The van der Waals surface area contributed by atoms with Gasteiger partial charge in [-0.2, -0.15) is 0 Å². The topological polar surface area (TPSA) is 127 Å². The van der Waals surface area contributed by atoms with E-state index in [1.165, 1.54) is 53.9 Å². The van der Waals surface area contributed by atoms with Crippen LogP contribution in [0.25, 0.3) is 0 Å². The third-order valence-corrected chi connectivity index (χ3v) is 6.05. The number of carbonyl (C=O) groups is 3. The van der Waals surface area contributed by atoms with Gasteiger partial charge in [0.25, 0.3) is 5.69 Å². The van der Waals surface area contributed by atoms with E-state index in [0.29, 0.717) is 28.1 Å². The molecule has 30 heavy (non-hydrogen) atoms. The molecule has 0 bridgehead atoms. The standard InChI is InChI=1S/C20H20N2O7S/c1-11(7-8-23)30-16-9-15-17(12(2)24)19(25)21(15)18(16)20(26)29-10-13-3-5-14(6-4-13)22(27)28/h3-8,12,15,17,24H,9-10H2,1-2H3/b11-7-/t12-,15-,17-/m1/s1. The highest BCUT2D eigenvalue weighted by molar-refractivity contribution is 8.06. The zero-order valence-corrected chi connectivity index (χ0v) is 17.1. The Balaban J connectivity index is 1.78. The summed E-state index contributed by atoms with van der Waals surface area (Å²) in [5.74, 6) is -1.63. The monoisotopic (exact) mass is 432 g/mol. The lowest BCUT2D eigenvalue weighted by atomic mass is 9.83. The van der Waals surface area contributed by atoms with Gasteiger partial charge in [0.05, 0.1) is 23.0 Å². The van der Waals surface area contributed by atoms with Gasteiger partial charge in [0.1, 0.15) is 18.6 Å². The average molecular weight is 432 g/mol. The van der Waals surface area contributed by atoms with E-state index in [4.69, 9.17) is 4.74 Å². The second kappa shape index (κ2) is 8.80. The first-order valence-corrected chi connectivity index (χ1v) is 10.0. The number of nitrogens with zero attached hydrogens (tertiary/aromatic N) is 2. The number of nitro benzene ring substituents is 1. The second-order valence-corrected chi connectivity index (χ2v) is 8.37. The summed E-state index contributed by atoms with van der Waals surface area (Å²) in [4.78, 5) is 48.9. The molecule has 0 radical (unpaired) electrons. The Morgan fingerprint density at radius 3 is 2.67 bits per heavy atom. The molecule has 2 heterocycles. The highest BCUT2D eigenvalue weighted by Gasteiger charge is 2.57. The van der Waals surface area contributed by atoms with Crippen LogP contribution in [0.1, 0.15) is 25.8 Å². The van der Waals surface area contributed by atoms with Crippen molar-refractivity contribution in [3.63, 3.8) is 0 Å². The lowest BCUT2D eigenvalue weighted by molar-refractivity contribution is -0.384. The fourth-order valence-corrected chi connectivity index (χ4v) is 4.61. The molecule has 3 atom stereocenters. The number of aliphatic hydroxyl groups excluding tert-OH is 1. The van der Waals surface area contributed by atoms with Crippen LogP contribution in [0.15, 0.2) is 45.8 Å². The van der Waals surface area contributed by atoms with E-state index in [0.717, 1.165) is 0 Å². The molecule has 10 heteroatoms. The van der Waals surface area contributed by atoms with Gasteiger partial charge in [0.2, 0.25) is 5.91 Å². The maximum Gasteiger partial charge on any atom is 0.356 e. The van der Waals surface area contributed by atoms with Gasteiger partial charge in [-0.3, -0.25) is 19.7 Å². The molecule has 0 saturated carbocycles. The van der Waals surface area contributed by atoms with E-state index in [-0.39, 0.29) is 29.9 Å². The number of hydrogen-bond donors (Lipinski definition) is 1. The molecule has 0 unspecified atom stereocenters. The minimum Gasteiger partial charge on any atom is -0.456 e. The van der Waals surface area contributed by atoms with Gasteiger partial charge in [-0.1, -0.05) is 11.8 Å². The lowest BCUT2D eigenvalue weighted by Gasteiger charge is -2.44. The molecular formula is C20H20N2O7S. The van der Waals surface area contributed by atoms with Crippen molar-refractivity contribution in [2.45, 2.75) is 39.0 Å². The Morgan fingerprint density at radius 2 is 2.10 bits per heavy atom. The molecule has 3 rings (SSSR count). The van der Waals surface area contributed by atoms with Crippen LogP contribution in [-0.4, -0.2) is 45.2 Å². The molecule has 9 nitrogen and oxygen atoms in total. The molecule has 0 spiro atoms. The number of nitro groups is 1. The highest BCUT2D eigenvalue weighted by atomic mass is 32.2. The van der Waals surface area contributed by atoms with E-state index in [1.54, 1.807) is 6.92 Å². The summed E-state index contributed by atoms with van der Waals surface area (Å²) in [5, 5.41) is 20.6. The van der Waals surface area contributed by atoms with Gasteiger partial charge >= 0.3 is 5.97 Å². The minimum absolute atomic E-state index is 0.0714. The van der Waals surface area contributed by atoms with E-state index in [2.05, 4.69) is 0 Å². The molecule has 1 amide bonds. The molecule has 1 N–H and O–H groups in total. The van der Waals surface area contributed by atoms with Gasteiger partial charge < -0.3 is 14.7 Å². The number of non-ortho nitro benzene ring substituents is 1. The Morgan fingerprint density at radius 1 is 1.43 bits per heavy atom. The van der Waals surface area contributed by atoms with E-state index < -0.39 is 22.9 Å². The third-order valence-electron chi connectivity index (χ3n) is 4.99. The number of amides is 1. The number of β-lactam (4-membered cyclic amide) rings is 1. The predicted octanol–water partition coefficient (Wildman–Crippen LogP) is 2.30. The number of allylic oxidation sites excluding steroid dienone is 2. The Labute approximate surface area is 176 Å². The Kier molecular flexibility index (Phi) is 6.37. The van der Waals surface area contributed by atoms with Crippen LogP contribution in [0.3, 0.4) is 0 Å². The van der Waals surface area contributed by atoms with Gasteiger partial charge in [-0.05, 0) is 42.5 Å². The number of esters is 1. The molecule has 158 valence electrons. The molecular weight excluding hydrogens is 412 g/mol. The lowest BCUT2D eigenvalue weighted by Crippen LogP contribution is -2.61. The molecule has 1 fully saturated rings. The number of hydrogen-bond acceptors (Lipinski definition) is 8. The minimum atomic E-state index is -0.841. The van der Waals surface area contributed by atoms with Crippen molar-refractivity contribution in [1.29, 1.82) is 0 Å². The average Bonchev–Trinajstić information content (AvgIpc) is 3.00. The number of ether oxygens (including phenoxy) is 1. The normalized spacial score (nSPS) is 21.8. The summed E-state index contributed by atoms with van der Waals surface area (Å²) in [6, 6.07) is 5.28. The van der Waals surface area contributed by atoms with Crippen molar-refractivity contribution in [2.24, 2.45) is 5.92 Å². The number of thioether (sulfide) groups is 1. The summed E-state index contributed by atoms with van der Waals surface area (Å²) in [6.07, 6.45) is 1.55. The maximum atomic E-state index is 12.8. The summed E-state index contributed by atoms with van der Waals surface area (Å²) < 4.78 is 5.36. The number of aldehydes is 1. The third kappa shape index (κ3) is 4.14. The first kappa shape index (κ1) is 21.7. The summed E-state index contributed by atoms with van der Waals surface area (Å²) in [5.41, 5.74) is 0.609. The van der Waals surface area contributed by atoms with Gasteiger partial charge in [0, 0.05) is 23.5 Å². The molecule has 1 aromatic carbocycles. The SMILES string of the molecule is C/C(=C/C=O)SC1=C(C(=O)OCc2ccc([N+](=O)[O-])cc2)N2C(=O)[C@H]([C@@H](C)O)[C@H]2C1. The number of fused-ring (bicyclic) bond motifs is 1. The molecule has 2 aliphatic heterocycles. The van der Waals surface area contributed by atoms with E-state index in [1.807, 2.05) is 0 Å². The largest absolute Gasteiger partial charge is 0.456 e. The molecule has 1 aromatic rings. The van der Waals surface area contributed by atoms with Crippen LogP contribution in [0, 0.1) is 16.0 Å². The highest BCUT2D eigenvalue weighted by Crippen LogP contribution is 2.48. The Hall–Kier alpha value is -2.98. The van der Waals surface area contributed by atoms with Crippen molar-refractivity contribution in [3.05, 3.63) is 61.5 Å². The molecule has 0 aromatic heterocycles. The van der Waals surface area contributed by atoms with E-state index >= 15 is 0 Å². The molecule has 0 aliphatic carbocycles. The summed E-state index contributed by atoms with van der Waals surface area (Å²) >= 11 is 1.22. The van der Waals surface area contributed by atoms with Crippen molar-refractivity contribution >= 4 is 35.6 Å². The van der Waals surface area contributed by atoms with Crippen LogP contribution >= 0.6 is 11.8 Å². The number of rotatable bonds is 8. The zero-order chi connectivity index (χ0) is 22.0. The van der Waals surface area contributed by atoms with Crippen molar-refractivity contribution in [3.8, 4) is 0 Å². The molecule has 1 saturated heterocycles. The number of benzene rings is 1. The Bertz CT molecular complexity index is 952. The van der Waals surface area contributed by atoms with Crippen molar-refractivity contribution in [1.82, 2.24) is 4.90 Å². The van der Waals surface area contributed by atoms with Crippen LogP contribution in [0.4, 0.5) is 5.69 Å². The summed E-state index contributed by atoms with van der Waals surface area (Å²) in [6.45, 7) is 3.14. The van der Waals surface area contributed by atoms with Gasteiger partial charge in [0.15, 0.2) is 0 Å². The fourth-order valence-electron chi connectivity index (χ4n) is 3.57. The van der Waals surface area contributed by atoms with Crippen LogP contribution < -0.4 is 0 Å². The van der Waals surface area contributed by atoms with Crippen LogP contribution in [0.5, 0.6) is 0 Å². The molecule has 2 aliphatic rings. The van der Waals surface area contributed by atoms with Gasteiger partial charge in [-0.15, -0.1) is 0 Å². The van der Waals surface area contributed by atoms with Crippen LogP contribution in [-0.2, 0) is 25.7 Å². The quantitative estimate of drug-likeness (QED) is 0.166. The number of carbonyl (C=O) groups excluding carboxylic acids is 3. The predicted molar refractivity (Wildman–Crippen MR) is 108 cm³/mol. The maximum absolute atomic E-state index is 12.8. The fraction of sp³-hybridized carbons (Fsp3) is 0.350. The van der Waals surface area contributed by atoms with Gasteiger partial charge in [-0.25, -0.2) is 4.79 Å². The van der Waals surface area contributed by atoms with Crippen LogP contribution in [0.2, 0.25) is 0 Å². The van der Waals surface area contributed by atoms with E-state index in [9.17, 15) is 29.6 Å². The van der Waals surface area contributed by atoms with Crippen molar-refractivity contribution < 1.29 is 29.2 Å². The zero-order valence-electron chi connectivity index (χ0n) is 16.3. The first-order chi connectivity index (χ1) is 14.2. The summed E-state index contributed by atoms with van der Waals surface area (Å²) in [7, 11) is 0. The number of aliphatic hydroxyl groups is 1. The first-order valence-electron chi connectivity index (χ1n) is 9.19.